The molecule has 2 atom stereocenters. The molecular weight excluding hydrogens is 210 g/mol. The van der Waals surface area contributed by atoms with Crippen LogP contribution in [-0.2, 0) is 11.3 Å². The van der Waals surface area contributed by atoms with Crippen LogP contribution in [0.1, 0.15) is 31.0 Å². The van der Waals surface area contributed by atoms with Gasteiger partial charge in [0.25, 0.3) is 0 Å². The molecule has 1 aliphatic heterocycles. The molecule has 0 aromatic heterocycles. The summed E-state index contributed by atoms with van der Waals surface area (Å²) in [6.45, 7) is 5.00. The monoisotopic (exact) mass is 227 g/mol. The topological polar surface area (TPSA) is 35.2 Å². The zero-order valence-corrected chi connectivity index (χ0v) is 9.96. The van der Waals surface area contributed by atoms with Gasteiger partial charge >= 0.3 is 0 Å². The number of halogens is 1. The summed E-state index contributed by atoms with van der Waals surface area (Å²) >= 11 is 0. The van der Waals surface area contributed by atoms with Gasteiger partial charge in [0.2, 0.25) is 0 Å². The van der Waals surface area contributed by atoms with E-state index in [0.717, 1.165) is 0 Å². The molecule has 2 rings (SSSR count). The molecule has 0 amide bonds. The Morgan fingerprint density at radius 2 is 2.00 bits per heavy atom. The lowest BCUT2D eigenvalue weighted by Gasteiger charge is -2.33. The summed E-state index contributed by atoms with van der Waals surface area (Å²) < 4.78 is 5.75. The maximum atomic E-state index is 6.17. The smallest absolute Gasteiger partial charge is 0.0795 e. The lowest BCUT2D eigenvalue weighted by Crippen LogP contribution is -2.37. The Hall–Kier alpha value is -0.570. The number of ether oxygens (including phenoxy) is 1. The predicted octanol–water partition coefficient (Wildman–Crippen LogP) is 2.66. The van der Waals surface area contributed by atoms with Crippen molar-refractivity contribution in [1.82, 2.24) is 0 Å². The third kappa shape index (κ3) is 2.33. The third-order valence-electron chi connectivity index (χ3n) is 2.86. The Labute approximate surface area is 97.2 Å². The Kier molecular flexibility index (Phi) is 4.14. The number of hydrogen-bond donors (Lipinski definition) is 1. The van der Waals surface area contributed by atoms with Crippen molar-refractivity contribution in [2.24, 2.45) is 11.7 Å². The van der Waals surface area contributed by atoms with Gasteiger partial charge in [-0.15, -0.1) is 12.4 Å². The van der Waals surface area contributed by atoms with Crippen molar-refractivity contribution in [1.29, 1.82) is 0 Å². The van der Waals surface area contributed by atoms with Gasteiger partial charge < -0.3 is 10.5 Å². The normalized spacial score (nSPS) is 24.5. The van der Waals surface area contributed by atoms with Gasteiger partial charge in [0.1, 0.15) is 0 Å². The van der Waals surface area contributed by atoms with E-state index in [4.69, 9.17) is 10.5 Å². The highest BCUT2D eigenvalue weighted by Gasteiger charge is 2.29. The van der Waals surface area contributed by atoms with Crippen LogP contribution in [0.3, 0.4) is 0 Å². The highest BCUT2D eigenvalue weighted by molar-refractivity contribution is 5.85. The zero-order valence-electron chi connectivity index (χ0n) is 9.14. The molecule has 0 radical (unpaired) electrons. The number of benzene rings is 1. The first-order valence-electron chi connectivity index (χ1n) is 5.15. The minimum absolute atomic E-state index is 0. The molecule has 0 saturated carbocycles. The van der Waals surface area contributed by atoms with Crippen LogP contribution in [0.5, 0.6) is 0 Å². The van der Waals surface area contributed by atoms with E-state index in [-0.39, 0.29) is 24.6 Å². The van der Waals surface area contributed by atoms with Gasteiger partial charge in [0, 0.05) is 0 Å². The van der Waals surface area contributed by atoms with Crippen molar-refractivity contribution in [3.63, 3.8) is 0 Å². The van der Waals surface area contributed by atoms with E-state index >= 15 is 0 Å². The van der Waals surface area contributed by atoms with Gasteiger partial charge in [-0.05, 0) is 17.0 Å². The van der Waals surface area contributed by atoms with E-state index in [0.29, 0.717) is 12.5 Å². The standard InChI is InChI=1S/C12H17NO.ClH/c1-8(2)12-11(13)10-6-4-3-5-9(10)7-14-12;/h3-6,8,11-12H,7,13H2,1-2H3;1H/t11-,12-;/m1./s1. The lowest BCUT2D eigenvalue weighted by molar-refractivity contribution is -0.0194. The number of fused-ring (bicyclic) bond motifs is 1. The Bertz CT molecular complexity index is 327. The molecule has 1 aromatic rings. The summed E-state index contributed by atoms with van der Waals surface area (Å²) in [6, 6.07) is 8.30. The summed E-state index contributed by atoms with van der Waals surface area (Å²) in [4.78, 5) is 0. The first-order valence-corrected chi connectivity index (χ1v) is 5.15. The highest BCUT2D eigenvalue weighted by atomic mass is 35.5. The summed E-state index contributed by atoms with van der Waals surface area (Å²) in [5.74, 6) is 0.471. The van der Waals surface area contributed by atoms with E-state index in [1.807, 2.05) is 12.1 Å². The first kappa shape index (κ1) is 12.5. The summed E-state index contributed by atoms with van der Waals surface area (Å²) in [5, 5.41) is 0. The van der Waals surface area contributed by atoms with Crippen LogP contribution in [0.25, 0.3) is 0 Å². The molecule has 3 heteroatoms. The molecule has 84 valence electrons. The molecule has 0 bridgehead atoms. The minimum atomic E-state index is 0. The first-order chi connectivity index (χ1) is 6.70. The highest BCUT2D eigenvalue weighted by Crippen LogP contribution is 2.30. The predicted molar refractivity (Wildman–Crippen MR) is 64.0 cm³/mol. The lowest BCUT2D eigenvalue weighted by atomic mass is 9.89. The zero-order chi connectivity index (χ0) is 10.1. The van der Waals surface area contributed by atoms with E-state index in [1.54, 1.807) is 0 Å². The van der Waals surface area contributed by atoms with E-state index in [9.17, 15) is 0 Å². The Morgan fingerprint density at radius 3 is 2.67 bits per heavy atom. The van der Waals surface area contributed by atoms with Crippen LogP contribution in [-0.4, -0.2) is 6.10 Å². The molecule has 1 heterocycles. The van der Waals surface area contributed by atoms with Gasteiger partial charge in [0.15, 0.2) is 0 Å². The molecule has 0 fully saturated rings. The SMILES string of the molecule is CC(C)[C@H]1OCc2ccccc2[C@H]1N.Cl. The van der Waals surface area contributed by atoms with Gasteiger partial charge in [0.05, 0.1) is 18.8 Å². The van der Waals surface area contributed by atoms with Crippen LogP contribution in [0.4, 0.5) is 0 Å². The summed E-state index contributed by atoms with van der Waals surface area (Å²) in [6.07, 6.45) is 0.157. The van der Waals surface area contributed by atoms with E-state index < -0.39 is 0 Å². The fourth-order valence-electron chi connectivity index (χ4n) is 2.06. The van der Waals surface area contributed by atoms with Crippen molar-refractivity contribution in [3.05, 3.63) is 35.4 Å². The maximum absolute atomic E-state index is 6.17. The van der Waals surface area contributed by atoms with E-state index in [2.05, 4.69) is 26.0 Å². The summed E-state index contributed by atoms with van der Waals surface area (Å²) in [7, 11) is 0. The largest absolute Gasteiger partial charge is 0.371 e. The minimum Gasteiger partial charge on any atom is -0.371 e. The van der Waals surface area contributed by atoms with Crippen LogP contribution >= 0.6 is 12.4 Å². The van der Waals surface area contributed by atoms with Crippen LogP contribution < -0.4 is 5.73 Å². The average Bonchev–Trinajstić information content (AvgIpc) is 2.18. The number of rotatable bonds is 1. The van der Waals surface area contributed by atoms with Crippen LogP contribution in [0.15, 0.2) is 24.3 Å². The Morgan fingerprint density at radius 1 is 1.33 bits per heavy atom. The Balaban J connectivity index is 0.00000112. The quantitative estimate of drug-likeness (QED) is 0.801. The van der Waals surface area contributed by atoms with Crippen molar-refractivity contribution < 1.29 is 4.74 Å². The fourth-order valence-corrected chi connectivity index (χ4v) is 2.06. The molecule has 1 aliphatic rings. The van der Waals surface area contributed by atoms with Gasteiger partial charge in [-0.25, -0.2) is 0 Å². The fraction of sp³-hybridized carbons (Fsp3) is 0.500. The van der Waals surface area contributed by atoms with Crippen LogP contribution in [0, 0.1) is 5.92 Å². The van der Waals surface area contributed by atoms with Gasteiger partial charge in [-0.1, -0.05) is 38.1 Å². The third-order valence-corrected chi connectivity index (χ3v) is 2.86. The maximum Gasteiger partial charge on any atom is 0.0795 e. The molecule has 0 aliphatic carbocycles. The van der Waals surface area contributed by atoms with Crippen molar-refractivity contribution >= 4 is 12.4 Å². The van der Waals surface area contributed by atoms with Gasteiger partial charge in [-0.3, -0.25) is 0 Å². The average molecular weight is 228 g/mol. The van der Waals surface area contributed by atoms with Crippen molar-refractivity contribution in [2.45, 2.75) is 32.6 Å². The van der Waals surface area contributed by atoms with Gasteiger partial charge in [-0.2, -0.15) is 0 Å². The molecular formula is C12H18ClNO. The van der Waals surface area contributed by atoms with Crippen LogP contribution in [0.2, 0.25) is 0 Å². The second kappa shape index (κ2) is 4.97. The number of hydrogen-bond acceptors (Lipinski definition) is 2. The second-order valence-corrected chi connectivity index (χ2v) is 4.24. The molecule has 2 nitrogen and oxygen atoms in total. The second-order valence-electron chi connectivity index (χ2n) is 4.24. The summed E-state index contributed by atoms with van der Waals surface area (Å²) in [5.41, 5.74) is 8.65. The number of nitrogens with two attached hydrogens (primary N) is 1. The molecule has 0 unspecified atom stereocenters. The van der Waals surface area contributed by atoms with Crippen molar-refractivity contribution in [2.75, 3.05) is 0 Å². The molecule has 15 heavy (non-hydrogen) atoms. The molecule has 2 N–H and O–H groups in total. The van der Waals surface area contributed by atoms with Crippen molar-refractivity contribution in [3.8, 4) is 0 Å². The van der Waals surface area contributed by atoms with E-state index in [1.165, 1.54) is 11.1 Å². The molecule has 1 aromatic carbocycles. The molecule has 0 saturated heterocycles. The molecule has 0 spiro atoms.